The first-order valence-electron chi connectivity index (χ1n) is 6.91. The minimum Gasteiger partial charge on any atom is -0.497 e. The second kappa shape index (κ2) is 7.48. The Morgan fingerprint density at radius 3 is 2.57 bits per heavy atom. The molecule has 0 aliphatic heterocycles. The Bertz CT molecular complexity index is 760. The Labute approximate surface area is 143 Å². The maximum absolute atomic E-state index is 5.76. The van der Waals surface area contributed by atoms with Crippen molar-refractivity contribution in [2.45, 2.75) is 17.4 Å². The minimum atomic E-state index is 0.485. The first kappa shape index (κ1) is 15.8. The first-order valence-corrected chi connectivity index (χ1v) is 8.28. The van der Waals surface area contributed by atoms with E-state index >= 15 is 0 Å². The minimum absolute atomic E-state index is 0.485. The number of thioether (sulfide) groups is 1. The third kappa shape index (κ3) is 4.46. The fraction of sp³-hybridized carbons (Fsp3) is 0.188. The molecule has 0 saturated carbocycles. The zero-order chi connectivity index (χ0) is 16.1. The van der Waals surface area contributed by atoms with Crippen LogP contribution in [0.4, 0.5) is 0 Å². The van der Waals surface area contributed by atoms with Crippen LogP contribution in [-0.2, 0) is 12.2 Å². The van der Waals surface area contributed by atoms with E-state index in [4.69, 9.17) is 20.8 Å². The average molecular weight is 348 g/mol. The van der Waals surface area contributed by atoms with Crippen LogP contribution in [0.25, 0.3) is 0 Å². The fourth-order valence-electron chi connectivity index (χ4n) is 1.92. The molecule has 5 nitrogen and oxygen atoms in total. The maximum Gasteiger partial charge on any atom is 0.276 e. The molecule has 0 radical (unpaired) electrons. The summed E-state index contributed by atoms with van der Waals surface area (Å²) >= 11 is 7.24. The normalized spacial score (nSPS) is 10.7. The molecular weight excluding hydrogens is 334 g/mol. The largest absolute Gasteiger partial charge is 0.497 e. The van der Waals surface area contributed by atoms with Gasteiger partial charge in [-0.05, 0) is 29.3 Å². The molecule has 0 saturated heterocycles. The van der Waals surface area contributed by atoms with Crippen molar-refractivity contribution in [1.82, 2.24) is 15.2 Å². The van der Waals surface area contributed by atoms with Crippen molar-refractivity contribution in [1.29, 1.82) is 0 Å². The summed E-state index contributed by atoms with van der Waals surface area (Å²) < 4.78 is 10.8. The summed E-state index contributed by atoms with van der Waals surface area (Å²) in [4.78, 5) is 4.04. The van der Waals surface area contributed by atoms with Crippen LogP contribution in [0, 0.1) is 0 Å². The number of pyridine rings is 1. The number of aromatic nitrogens is 3. The predicted octanol–water partition coefficient (Wildman–Crippen LogP) is 4.01. The monoisotopic (exact) mass is 347 g/mol. The van der Waals surface area contributed by atoms with Gasteiger partial charge in [-0.15, -0.1) is 10.2 Å². The first-order chi connectivity index (χ1) is 11.2. The van der Waals surface area contributed by atoms with Gasteiger partial charge in [0.15, 0.2) is 0 Å². The quantitative estimate of drug-likeness (QED) is 0.496. The van der Waals surface area contributed by atoms with E-state index in [1.54, 1.807) is 19.4 Å². The van der Waals surface area contributed by atoms with Crippen molar-refractivity contribution in [3.63, 3.8) is 0 Å². The molecule has 0 aliphatic carbocycles. The second-order valence-electron chi connectivity index (χ2n) is 4.76. The van der Waals surface area contributed by atoms with E-state index < -0.39 is 0 Å². The van der Waals surface area contributed by atoms with E-state index in [1.165, 1.54) is 11.8 Å². The molecular formula is C16H14ClN3O2S. The molecule has 7 heteroatoms. The molecule has 0 spiro atoms. The van der Waals surface area contributed by atoms with Crippen LogP contribution in [0.15, 0.2) is 52.2 Å². The third-order valence-electron chi connectivity index (χ3n) is 3.11. The zero-order valence-corrected chi connectivity index (χ0v) is 14.0. The summed E-state index contributed by atoms with van der Waals surface area (Å²) in [5.74, 6) is 2.12. The Morgan fingerprint density at radius 1 is 1.09 bits per heavy atom. The number of hydrogen-bond acceptors (Lipinski definition) is 6. The lowest BCUT2D eigenvalue weighted by Crippen LogP contribution is -1.89. The van der Waals surface area contributed by atoms with E-state index in [1.807, 2.05) is 30.3 Å². The molecule has 3 aromatic rings. The summed E-state index contributed by atoms with van der Waals surface area (Å²) in [6.07, 6.45) is 2.34. The van der Waals surface area contributed by atoms with Gasteiger partial charge in [0.25, 0.3) is 5.22 Å². The maximum atomic E-state index is 5.76. The lowest BCUT2D eigenvalue weighted by atomic mass is 10.1. The molecule has 0 atom stereocenters. The Balaban J connectivity index is 1.57. The molecule has 2 aromatic heterocycles. The summed E-state index contributed by atoms with van der Waals surface area (Å²) in [6, 6.07) is 11.5. The summed E-state index contributed by atoms with van der Waals surface area (Å²) in [6.45, 7) is 0. The van der Waals surface area contributed by atoms with Crippen molar-refractivity contribution in [3.8, 4) is 5.75 Å². The van der Waals surface area contributed by atoms with Gasteiger partial charge in [0.2, 0.25) is 5.89 Å². The highest BCUT2D eigenvalue weighted by molar-refractivity contribution is 7.98. The number of nitrogens with zero attached hydrogens (tertiary/aromatic N) is 3. The van der Waals surface area contributed by atoms with Crippen molar-refractivity contribution in [3.05, 3.63) is 64.8 Å². The van der Waals surface area contributed by atoms with Gasteiger partial charge in [-0.2, -0.15) is 0 Å². The third-order valence-corrected chi connectivity index (χ3v) is 4.23. The molecule has 2 heterocycles. The van der Waals surface area contributed by atoms with Gasteiger partial charge in [-0.25, -0.2) is 4.98 Å². The van der Waals surface area contributed by atoms with Crippen LogP contribution in [-0.4, -0.2) is 22.3 Å². The number of rotatable bonds is 6. The standard InChI is InChI=1S/C16H14ClN3O2S/c1-21-13-5-2-11(3-6-13)8-15-19-20-16(22-15)23-10-12-4-7-14(17)18-9-12/h2-7,9H,8,10H2,1H3. The Kier molecular flexibility index (Phi) is 5.15. The molecule has 23 heavy (non-hydrogen) atoms. The van der Waals surface area contributed by atoms with Crippen LogP contribution in [0.1, 0.15) is 17.0 Å². The van der Waals surface area contributed by atoms with Gasteiger partial charge < -0.3 is 9.15 Å². The Hall–Kier alpha value is -2.05. The van der Waals surface area contributed by atoms with Crippen LogP contribution >= 0.6 is 23.4 Å². The van der Waals surface area contributed by atoms with E-state index in [0.717, 1.165) is 16.9 Å². The van der Waals surface area contributed by atoms with Crippen molar-refractivity contribution in [2.75, 3.05) is 7.11 Å². The topological polar surface area (TPSA) is 61.0 Å². The van der Waals surface area contributed by atoms with Gasteiger partial charge in [0.1, 0.15) is 10.9 Å². The van der Waals surface area contributed by atoms with Gasteiger partial charge in [-0.3, -0.25) is 0 Å². The molecule has 1 aromatic carbocycles. The SMILES string of the molecule is COc1ccc(Cc2nnc(SCc3ccc(Cl)nc3)o2)cc1. The van der Waals surface area contributed by atoms with Crippen LogP contribution in [0.3, 0.4) is 0 Å². The molecule has 0 amide bonds. The average Bonchev–Trinajstić information content (AvgIpc) is 3.02. The van der Waals surface area contributed by atoms with Crippen molar-refractivity contribution < 1.29 is 9.15 Å². The molecule has 3 rings (SSSR count). The van der Waals surface area contributed by atoms with Gasteiger partial charge >= 0.3 is 0 Å². The smallest absolute Gasteiger partial charge is 0.276 e. The molecule has 0 bridgehead atoms. The lowest BCUT2D eigenvalue weighted by molar-refractivity contribution is 0.413. The van der Waals surface area contributed by atoms with Crippen LogP contribution < -0.4 is 4.74 Å². The summed E-state index contributed by atoms with van der Waals surface area (Å²) in [7, 11) is 1.65. The second-order valence-corrected chi connectivity index (χ2v) is 6.08. The number of benzene rings is 1. The van der Waals surface area contributed by atoms with Crippen molar-refractivity contribution in [2.24, 2.45) is 0 Å². The zero-order valence-electron chi connectivity index (χ0n) is 12.4. The molecule has 0 N–H and O–H groups in total. The number of hydrogen-bond donors (Lipinski definition) is 0. The number of ether oxygens (including phenoxy) is 1. The van der Waals surface area contributed by atoms with E-state index in [9.17, 15) is 0 Å². The highest BCUT2D eigenvalue weighted by atomic mass is 35.5. The highest BCUT2D eigenvalue weighted by Gasteiger charge is 2.08. The molecule has 0 unspecified atom stereocenters. The summed E-state index contributed by atoms with van der Waals surface area (Å²) in [5, 5.41) is 9.16. The highest BCUT2D eigenvalue weighted by Crippen LogP contribution is 2.22. The van der Waals surface area contributed by atoms with E-state index in [2.05, 4.69) is 15.2 Å². The number of methoxy groups -OCH3 is 1. The van der Waals surface area contributed by atoms with Crippen LogP contribution in [0.5, 0.6) is 5.75 Å². The Morgan fingerprint density at radius 2 is 1.87 bits per heavy atom. The summed E-state index contributed by atoms with van der Waals surface area (Å²) in [5.41, 5.74) is 2.14. The lowest BCUT2D eigenvalue weighted by Gasteiger charge is -2.00. The fourth-order valence-corrected chi connectivity index (χ4v) is 2.75. The molecule has 0 fully saturated rings. The molecule has 118 valence electrons. The number of halogens is 1. The van der Waals surface area contributed by atoms with Gasteiger partial charge in [0, 0.05) is 11.9 Å². The molecule has 0 aliphatic rings. The van der Waals surface area contributed by atoms with Crippen molar-refractivity contribution >= 4 is 23.4 Å². The van der Waals surface area contributed by atoms with E-state index in [-0.39, 0.29) is 0 Å². The van der Waals surface area contributed by atoms with Gasteiger partial charge in [0.05, 0.1) is 13.5 Å². The van der Waals surface area contributed by atoms with Gasteiger partial charge in [-0.1, -0.05) is 41.6 Å². The predicted molar refractivity (Wildman–Crippen MR) is 88.9 cm³/mol. The van der Waals surface area contributed by atoms with E-state index in [0.29, 0.717) is 28.4 Å². The van der Waals surface area contributed by atoms with Crippen LogP contribution in [0.2, 0.25) is 5.15 Å².